The van der Waals surface area contributed by atoms with Crippen molar-refractivity contribution in [1.82, 2.24) is 5.32 Å². The number of ether oxygens (including phenoxy) is 1. The number of methoxy groups -OCH3 is 1. The van der Waals surface area contributed by atoms with Gasteiger partial charge in [0.05, 0.1) is 0 Å². The number of carbonyl (C=O) groups is 1. The number of hydrogen-bond donors (Lipinski definition) is 1. The van der Waals surface area contributed by atoms with Crippen LogP contribution in [0.2, 0.25) is 0 Å². The van der Waals surface area contributed by atoms with Crippen molar-refractivity contribution in [2.75, 3.05) is 20.2 Å². The Balaban J connectivity index is 2.27. The zero-order valence-electron chi connectivity index (χ0n) is 11.2. The Kier molecular flexibility index (Phi) is 4.15. The monoisotopic (exact) mass is 247 g/mol. The van der Waals surface area contributed by atoms with Crippen LogP contribution in [0.3, 0.4) is 0 Å². The fourth-order valence-electron chi connectivity index (χ4n) is 2.55. The molecule has 3 heteroatoms. The largest absolute Gasteiger partial charge is 0.370 e. The molecule has 18 heavy (non-hydrogen) atoms. The first kappa shape index (κ1) is 13.2. The Morgan fingerprint density at radius 2 is 2.11 bits per heavy atom. The Bertz CT molecular complexity index is 422. The third-order valence-corrected chi connectivity index (χ3v) is 3.81. The predicted octanol–water partition coefficient (Wildman–Crippen LogP) is 2.20. The Hall–Kier alpha value is -1.19. The van der Waals surface area contributed by atoms with Gasteiger partial charge in [0, 0.05) is 12.7 Å². The summed E-state index contributed by atoms with van der Waals surface area (Å²) >= 11 is 0. The van der Waals surface area contributed by atoms with Gasteiger partial charge in [-0.05, 0) is 44.0 Å². The second-order valence-electron chi connectivity index (χ2n) is 4.83. The predicted molar refractivity (Wildman–Crippen MR) is 72.0 cm³/mol. The van der Waals surface area contributed by atoms with E-state index >= 15 is 0 Å². The van der Waals surface area contributed by atoms with Gasteiger partial charge in [-0.25, -0.2) is 0 Å². The van der Waals surface area contributed by atoms with E-state index in [0.29, 0.717) is 0 Å². The molecule has 1 heterocycles. The summed E-state index contributed by atoms with van der Waals surface area (Å²) in [4.78, 5) is 12.7. The van der Waals surface area contributed by atoms with E-state index in [1.807, 2.05) is 18.2 Å². The van der Waals surface area contributed by atoms with Crippen molar-refractivity contribution in [3.63, 3.8) is 0 Å². The van der Waals surface area contributed by atoms with Crippen molar-refractivity contribution < 1.29 is 9.53 Å². The minimum atomic E-state index is -0.627. The molecule has 1 aliphatic rings. The fraction of sp³-hybridized carbons (Fsp3) is 0.533. The lowest BCUT2D eigenvalue weighted by atomic mass is 9.84. The lowest BCUT2D eigenvalue weighted by Gasteiger charge is -2.35. The van der Waals surface area contributed by atoms with Crippen LogP contribution in [0, 0.1) is 0 Å². The summed E-state index contributed by atoms with van der Waals surface area (Å²) in [5.41, 5.74) is 1.34. The standard InChI is InChI=1S/C15H21NO2/c1-3-12-5-4-6-13(11-12)14(17)15(18-2)7-9-16-10-8-15/h4-6,11,16H,3,7-10H2,1-2H3. The van der Waals surface area contributed by atoms with Crippen LogP contribution < -0.4 is 5.32 Å². The summed E-state index contributed by atoms with van der Waals surface area (Å²) in [7, 11) is 1.65. The van der Waals surface area contributed by atoms with Crippen LogP contribution in [-0.4, -0.2) is 31.6 Å². The van der Waals surface area contributed by atoms with Crippen LogP contribution in [0.25, 0.3) is 0 Å². The molecule has 0 saturated carbocycles. The van der Waals surface area contributed by atoms with Gasteiger partial charge in [0.15, 0.2) is 5.78 Å². The zero-order chi connectivity index (χ0) is 13.0. The highest BCUT2D eigenvalue weighted by atomic mass is 16.5. The molecule has 0 unspecified atom stereocenters. The number of Topliss-reactive ketones (excluding diaryl/α,β-unsaturated/α-hetero) is 1. The second kappa shape index (κ2) is 5.63. The van der Waals surface area contributed by atoms with Gasteiger partial charge in [-0.2, -0.15) is 0 Å². The number of ketones is 1. The zero-order valence-corrected chi connectivity index (χ0v) is 11.2. The maximum absolute atomic E-state index is 12.7. The van der Waals surface area contributed by atoms with Crippen LogP contribution in [0.4, 0.5) is 0 Å². The van der Waals surface area contributed by atoms with Crippen LogP contribution in [0.5, 0.6) is 0 Å². The van der Waals surface area contributed by atoms with Gasteiger partial charge in [0.25, 0.3) is 0 Å². The minimum absolute atomic E-state index is 0.127. The molecule has 1 saturated heterocycles. The number of piperidine rings is 1. The maximum Gasteiger partial charge on any atom is 0.194 e. The average Bonchev–Trinajstić information content (AvgIpc) is 2.47. The molecule has 3 nitrogen and oxygen atoms in total. The highest BCUT2D eigenvalue weighted by molar-refractivity contribution is 6.02. The molecule has 1 fully saturated rings. The average molecular weight is 247 g/mol. The minimum Gasteiger partial charge on any atom is -0.370 e. The van der Waals surface area contributed by atoms with E-state index in [0.717, 1.165) is 37.9 Å². The highest BCUT2D eigenvalue weighted by Gasteiger charge is 2.39. The number of rotatable bonds is 4. The SMILES string of the molecule is CCc1cccc(C(=O)C2(OC)CCNCC2)c1. The van der Waals surface area contributed by atoms with Gasteiger partial charge in [0.2, 0.25) is 0 Å². The Labute approximate surface area is 109 Å². The molecule has 0 amide bonds. The van der Waals surface area contributed by atoms with E-state index in [1.165, 1.54) is 5.56 Å². The second-order valence-corrected chi connectivity index (χ2v) is 4.83. The molecular weight excluding hydrogens is 226 g/mol. The summed E-state index contributed by atoms with van der Waals surface area (Å²) in [6.45, 7) is 3.78. The third-order valence-electron chi connectivity index (χ3n) is 3.81. The van der Waals surface area contributed by atoms with E-state index in [9.17, 15) is 4.79 Å². The Morgan fingerprint density at radius 1 is 1.39 bits per heavy atom. The van der Waals surface area contributed by atoms with Gasteiger partial charge in [0.1, 0.15) is 5.60 Å². The highest BCUT2D eigenvalue weighted by Crippen LogP contribution is 2.27. The van der Waals surface area contributed by atoms with Crippen molar-refractivity contribution in [1.29, 1.82) is 0 Å². The number of benzene rings is 1. The van der Waals surface area contributed by atoms with Gasteiger partial charge in [-0.15, -0.1) is 0 Å². The van der Waals surface area contributed by atoms with Gasteiger partial charge in [-0.3, -0.25) is 4.79 Å². The topological polar surface area (TPSA) is 38.3 Å². The van der Waals surface area contributed by atoms with Crippen LogP contribution >= 0.6 is 0 Å². The lowest BCUT2D eigenvalue weighted by Crippen LogP contribution is -2.49. The van der Waals surface area contributed by atoms with E-state index in [4.69, 9.17) is 4.74 Å². The maximum atomic E-state index is 12.7. The molecule has 0 atom stereocenters. The summed E-state index contributed by atoms with van der Waals surface area (Å²) in [6.07, 6.45) is 2.44. The molecular formula is C15H21NO2. The number of carbonyl (C=O) groups excluding carboxylic acids is 1. The number of hydrogen-bond acceptors (Lipinski definition) is 3. The fourth-order valence-corrected chi connectivity index (χ4v) is 2.55. The van der Waals surface area contributed by atoms with Gasteiger partial charge in [-0.1, -0.05) is 25.1 Å². The molecule has 2 rings (SSSR count). The number of aryl methyl sites for hydroxylation is 1. The molecule has 1 aromatic rings. The molecule has 98 valence electrons. The van der Waals surface area contributed by atoms with Crippen LogP contribution in [-0.2, 0) is 11.2 Å². The van der Waals surface area contributed by atoms with Crippen LogP contribution in [0.1, 0.15) is 35.7 Å². The van der Waals surface area contributed by atoms with E-state index in [-0.39, 0.29) is 5.78 Å². The Morgan fingerprint density at radius 3 is 2.72 bits per heavy atom. The van der Waals surface area contributed by atoms with Crippen molar-refractivity contribution >= 4 is 5.78 Å². The molecule has 0 aromatic heterocycles. The van der Waals surface area contributed by atoms with E-state index < -0.39 is 5.60 Å². The first-order valence-electron chi connectivity index (χ1n) is 6.61. The molecule has 1 aliphatic heterocycles. The van der Waals surface area contributed by atoms with Crippen molar-refractivity contribution in [3.05, 3.63) is 35.4 Å². The first-order valence-corrected chi connectivity index (χ1v) is 6.61. The summed E-state index contributed by atoms with van der Waals surface area (Å²) in [6, 6.07) is 7.89. The van der Waals surface area contributed by atoms with E-state index in [2.05, 4.69) is 18.3 Å². The van der Waals surface area contributed by atoms with Gasteiger partial charge < -0.3 is 10.1 Å². The molecule has 0 bridgehead atoms. The van der Waals surface area contributed by atoms with Crippen molar-refractivity contribution in [2.24, 2.45) is 0 Å². The molecule has 1 aromatic carbocycles. The molecule has 1 N–H and O–H groups in total. The van der Waals surface area contributed by atoms with Gasteiger partial charge >= 0.3 is 0 Å². The van der Waals surface area contributed by atoms with Crippen molar-refractivity contribution in [3.8, 4) is 0 Å². The smallest absolute Gasteiger partial charge is 0.194 e. The first-order chi connectivity index (χ1) is 8.72. The summed E-state index contributed by atoms with van der Waals surface area (Å²) < 4.78 is 5.58. The molecule has 0 radical (unpaired) electrons. The molecule has 0 aliphatic carbocycles. The molecule has 0 spiro atoms. The summed E-state index contributed by atoms with van der Waals surface area (Å²) in [5.74, 6) is 0.127. The summed E-state index contributed by atoms with van der Waals surface area (Å²) in [5, 5.41) is 3.27. The quantitative estimate of drug-likeness (QED) is 0.829. The normalized spacial score (nSPS) is 18.6. The number of nitrogens with one attached hydrogen (secondary N) is 1. The van der Waals surface area contributed by atoms with E-state index in [1.54, 1.807) is 7.11 Å². The lowest BCUT2D eigenvalue weighted by molar-refractivity contribution is -0.0154. The van der Waals surface area contributed by atoms with Crippen LogP contribution in [0.15, 0.2) is 24.3 Å². The third kappa shape index (κ3) is 2.47. The van der Waals surface area contributed by atoms with Crippen molar-refractivity contribution in [2.45, 2.75) is 31.8 Å².